The SMILES string of the molecule is [N-]=[N+]=NC1=CC(N=[N+]=[N-])CCCC(N=[N+]=[N-])(C2CCCC=CCCCC2)CCC1. The fraction of sp³-hybridized carbons (Fsp3) is 0.800. The molecule has 0 saturated heterocycles. The molecule has 3 atom stereocenters. The molecule has 0 heterocycles. The zero-order chi connectivity index (χ0) is 20.8. The number of nitrogens with zero attached hydrogens (tertiary/aromatic N) is 9. The fourth-order valence-corrected chi connectivity index (χ4v) is 4.74. The molecule has 9 nitrogen and oxygen atoms in total. The molecule has 0 N–H and O–H groups in total. The van der Waals surface area contributed by atoms with Crippen molar-refractivity contribution in [3.63, 3.8) is 0 Å². The van der Waals surface area contributed by atoms with Gasteiger partial charge in [-0.15, -0.1) is 0 Å². The molecule has 0 aromatic rings. The van der Waals surface area contributed by atoms with Crippen LogP contribution in [-0.2, 0) is 0 Å². The van der Waals surface area contributed by atoms with E-state index >= 15 is 0 Å². The molecule has 0 spiro atoms. The van der Waals surface area contributed by atoms with Gasteiger partial charge in [0, 0.05) is 20.4 Å². The van der Waals surface area contributed by atoms with E-state index in [1.165, 1.54) is 6.42 Å². The maximum atomic E-state index is 9.40. The molecule has 0 aromatic carbocycles. The summed E-state index contributed by atoms with van der Waals surface area (Å²) in [6.07, 6.45) is 18.5. The minimum absolute atomic E-state index is 0.337. The molecular weight excluding hydrogens is 366 g/mol. The Hall–Kier alpha value is -2.59. The summed E-state index contributed by atoms with van der Waals surface area (Å²) < 4.78 is 0. The van der Waals surface area contributed by atoms with Gasteiger partial charge in [0.05, 0.1) is 11.6 Å². The highest BCUT2D eigenvalue weighted by Gasteiger charge is 2.37. The highest BCUT2D eigenvalue weighted by Crippen LogP contribution is 2.41. The zero-order valence-electron chi connectivity index (χ0n) is 17.1. The van der Waals surface area contributed by atoms with Crippen molar-refractivity contribution in [1.82, 2.24) is 0 Å². The molecule has 3 unspecified atom stereocenters. The minimum atomic E-state index is -0.419. The summed E-state index contributed by atoms with van der Waals surface area (Å²) in [6.45, 7) is 0. The van der Waals surface area contributed by atoms with Gasteiger partial charge in [0.25, 0.3) is 0 Å². The monoisotopic (exact) mass is 397 g/mol. The summed E-state index contributed by atoms with van der Waals surface area (Å²) in [5, 5.41) is 12.1. The van der Waals surface area contributed by atoms with Crippen LogP contribution in [0.5, 0.6) is 0 Å². The number of rotatable bonds is 4. The molecule has 0 radical (unpaired) electrons. The van der Waals surface area contributed by atoms with Gasteiger partial charge in [-0.3, -0.25) is 0 Å². The summed E-state index contributed by atoms with van der Waals surface area (Å²) in [7, 11) is 0. The Kier molecular flexibility index (Phi) is 10.0. The second kappa shape index (κ2) is 12.8. The maximum absolute atomic E-state index is 9.40. The second-order valence-corrected chi connectivity index (χ2v) is 8.04. The Morgan fingerprint density at radius 3 is 2.34 bits per heavy atom. The van der Waals surface area contributed by atoms with Crippen LogP contribution in [0, 0.1) is 5.92 Å². The van der Waals surface area contributed by atoms with Crippen molar-refractivity contribution in [2.24, 2.45) is 21.3 Å². The third-order valence-electron chi connectivity index (χ3n) is 6.18. The molecule has 2 aliphatic rings. The van der Waals surface area contributed by atoms with Crippen LogP contribution in [-0.4, -0.2) is 11.6 Å². The van der Waals surface area contributed by atoms with E-state index in [0.717, 1.165) is 64.2 Å². The van der Waals surface area contributed by atoms with Gasteiger partial charge in [-0.25, -0.2) is 0 Å². The van der Waals surface area contributed by atoms with Gasteiger partial charge in [0.15, 0.2) is 0 Å². The minimum Gasteiger partial charge on any atom is -0.0885 e. The molecular formula is C20H31N9. The summed E-state index contributed by atoms with van der Waals surface area (Å²) in [4.78, 5) is 9.13. The van der Waals surface area contributed by atoms with Gasteiger partial charge < -0.3 is 0 Å². The lowest BCUT2D eigenvalue weighted by Crippen LogP contribution is -2.36. The average Bonchev–Trinajstić information content (AvgIpc) is 2.72. The first kappa shape index (κ1) is 22.7. The van der Waals surface area contributed by atoms with Gasteiger partial charge in [-0.2, -0.15) is 0 Å². The Balaban J connectivity index is 2.28. The van der Waals surface area contributed by atoms with Crippen molar-refractivity contribution >= 4 is 0 Å². The van der Waals surface area contributed by atoms with E-state index in [0.29, 0.717) is 24.5 Å². The molecule has 0 aromatic heterocycles. The van der Waals surface area contributed by atoms with Gasteiger partial charge in [-0.1, -0.05) is 46.4 Å². The van der Waals surface area contributed by atoms with Crippen LogP contribution in [0.3, 0.4) is 0 Å². The highest BCUT2D eigenvalue weighted by molar-refractivity contribution is 5.08. The number of hydrogen-bond donors (Lipinski definition) is 0. The van der Waals surface area contributed by atoms with Gasteiger partial charge in [-0.05, 0) is 93.1 Å². The molecule has 2 aliphatic carbocycles. The van der Waals surface area contributed by atoms with E-state index in [1.54, 1.807) is 6.08 Å². The van der Waals surface area contributed by atoms with E-state index in [-0.39, 0.29) is 6.04 Å². The molecule has 0 fully saturated rings. The molecule has 0 saturated carbocycles. The molecule has 2 rings (SSSR count). The third kappa shape index (κ3) is 7.39. The lowest BCUT2D eigenvalue weighted by atomic mass is 9.71. The molecule has 0 aliphatic heterocycles. The van der Waals surface area contributed by atoms with Crippen LogP contribution in [0.15, 0.2) is 39.3 Å². The third-order valence-corrected chi connectivity index (χ3v) is 6.18. The molecule has 156 valence electrons. The Morgan fingerprint density at radius 2 is 1.59 bits per heavy atom. The zero-order valence-corrected chi connectivity index (χ0v) is 17.1. The van der Waals surface area contributed by atoms with Crippen molar-refractivity contribution in [3.8, 4) is 0 Å². The van der Waals surface area contributed by atoms with Crippen LogP contribution in [0.4, 0.5) is 0 Å². The summed E-state index contributed by atoms with van der Waals surface area (Å²) in [5.41, 5.74) is 27.3. The van der Waals surface area contributed by atoms with Gasteiger partial charge in [0.1, 0.15) is 0 Å². The lowest BCUT2D eigenvalue weighted by Gasteiger charge is -2.38. The lowest BCUT2D eigenvalue weighted by molar-refractivity contribution is 0.192. The molecule has 0 amide bonds. The van der Waals surface area contributed by atoms with Crippen LogP contribution in [0.2, 0.25) is 0 Å². The molecule has 29 heavy (non-hydrogen) atoms. The average molecular weight is 398 g/mol. The first-order valence-electron chi connectivity index (χ1n) is 10.8. The van der Waals surface area contributed by atoms with E-state index in [1.807, 2.05) is 0 Å². The van der Waals surface area contributed by atoms with E-state index in [4.69, 9.17) is 11.1 Å². The first-order valence-corrected chi connectivity index (χ1v) is 10.8. The maximum Gasteiger partial charge on any atom is 0.0559 e. The normalized spacial score (nSPS) is 29.2. The second-order valence-electron chi connectivity index (χ2n) is 8.04. The standard InChI is InChI=1S/C20H31N9/c21-27-24-18-12-8-14-20(26-29-23,15-9-13-19(16-18)25-28-22)17-10-6-4-2-1-3-5-7-11-17/h1-2,16-18H,3-15H2. The predicted molar refractivity (Wildman–Crippen MR) is 115 cm³/mol. The molecule has 9 heteroatoms. The molecule has 0 bridgehead atoms. The summed E-state index contributed by atoms with van der Waals surface area (Å²) >= 11 is 0. The topological polar surface area (TPSA) is 146 Å². The van der Waals surface area contributed by atoms with Crippen molar-refractivity contribution in [2.75, 3.05) is 0 Å². The van der Waals surface area contributed by atoms with E-state index in [9.17, 15) is 5.53 Å². The van der Waals surface area contributed by atoms with Crippen molar-refractivity contribution in [2.45, 2.75) is 95.1 Å². The number of allylic oxidation sites excluding steroid dienone is 3. The Bertz CT molecular complexity index is 724. The first-order chi connectivity index (χ1) is 14.2. The van der Waals surface area contributed by atoms with Gasteiger partial charge in [0.2, 0.25) is 0 Å². The predicted octanol–water partition coefficient (Wildman–Crippen LogP) is 8.18. The van der Waals surface area contributed by atoms with Crippen LogP contribution in [0.1, 0.15) is 83.5 Å². The highest BCUT2D eigenvalue weighted by atomic mass is 15.2. The number of azide groups is 3. The van der Waals surface area contributed by atoms with Crippen molar-refractivity contribution in [1.29, 1.82) is 0 Å². The van der Waals surface area contributed by atoms with Crippen LogP contribution < -0.4 is 0 Å². The Labute approximate surface area is 172 Å². The Morgan fingerprint density at radius 1 is 0.828 bits per heavy atom. The van der Waals surface area contributed by atoms with Crippen LogP contribution in [0.25, 0.3) is 31.3 Å². The largest absolute Gasteiger partial charge is 0.0885 e. The van der Waals surface area contributed by atoms with Crippen LogP contribution >= 0.6 is 0 Å². The van der Waals surface area contributed by atoms with E-state index < -0.39 is 5.54 Å². The fourth-order valence-electron chi connectivity index (χ4n) is 4.74. The number of hydrogen-bond acceptors (Lipinski definition) is 3. The smallest absolute Gasteiger partial charge is 0.0559 e. The van der Waals surface area contributed by atoms with E-state index in [2.05, 4.69) is 42.2 Å². The quantitative estimate of drug-likeness (QED) is 0.195. The van der Waals surface area contributed by atoms with Crippen molar-refractivity contribution in [3.05, 3.63) is 55.3 Å². The van der Waals surface area contributed by atoms with Crippen molar-refractivity contribution < 1.29 is 0 Å². The summed E-state index contributed by atoms with van der Waals surface area (Å²) in [5.74, 6) is 0.356. The summed E-state index contributed by atoms with van der Waals surface area (Å²) in [6, 6.07) is -0.337. The van der Waals surface area contributed by atoms with Gasteiger partial charge >= 0.3 is 0 Å².